The Hall–Kier alpha value is -2.18. The number of benzene rings is 2. The number of rotatable bonds is 5. The average Bonchev–Trinajstić information content (AvgIpc) is 2.47. The SMILES string of the molecule is Cc1ccc(S(=O)(=O)N(C)CC(=O)Nc2cccc(C)c2)cc1. The van der Waals surface area contributed by atoms with Gasteiger partial charge in [0.05, 0.1) is 11.4 Å². The summed E-state index contributed by atoms with van der Waals surface area (Å²) < 4.78 is 25.9. The molecule has 2 rings (SSSR count). The zero-order valence-electron chi connectivity index (χ0n) is 13.4. The van der Waals surface area contributed by atoms with Crippen LogP contribution < -0.4 is 5.32 Å². The summed E-state index contributed by atoms with van der Waals surface area (Å²) in [4.78, 5) is 12.2. The molecule has 0 saturated carbocycles. The van der Waals surface area contributed by atoms with Crippen molar-refractivity contribution in [2.75, 3.05) is 18.9 Å². The molecule has 0 radical (unpaired) electrons. The zero-order chi connectivity index (χ0) is 17.0. The second-order valence-electron chi connectivity index (χ2n) is 5.49. The molecule has 1 N–H and O–H groups in total. The van der Waals surface area contributed by atoms with Crippen LogP contribution in [0.25, 0.3) is 0 Å². The van der Waals surface area contributed by atoms with Crippen LogP contribution in [0.1, 0.15) is 11.1 Å². The lowest BCUT2D eigenvalue weighted by Gasteiger charge is -2.17. The molecule has 0 aliphatic rings. The maximum Gasteiger partial charge on any atom is 0.243 e. The van der Waals surface area contributed by atoms with Crippen molar-refractivity contribution in [3.63, 3.8) is 0 Å². The van der Waals surface area contributed by atoms with E-state index in [0.29, 0.717) is 5.69 Å². The quantitative estimate of drug-likeness (QED) is 0.915. The predicted octanol–water partition coefficient (Wildman–Crippen LogP) is 2.56. The molecule has 0 aromatic heterocycles. The van der Waals surface area contributed by atoms with Gasteiger partial charge >= 0.3 is 0 Å². The third-order valence-electron chi connectivity index (χ3n) is 3.40. The second kappa shape index (κ2) is 6.93. The third kappa shape index (κ3) is 4.40. The van der Waals surface area contributed by atoms with Gasteiger partial charge in [-0.2, -0.15) is 4.31 Å². The molecule has 0 saturated heterocycles. The fourth-order valence-electron chi connectivity index (χ4n) is 2.10. The molecule has 122 valence electrons. The van der Waals surface area contributed by atoms with Crippen molar-refractivity contribution in [3.05, 3.63) is 59.7 Å². The molecule has 0 heterocycles. The topological polar surface area (TPSA) is 66.5 Å². The molecule has 0 unspecified atom stereocenters. The van der Waals surface area contributed by atoms with E-state index in [9.17, 15) is 13.2 Å². The van der Waals surface area contributed by atoms with Crippen LogP contribution in [-0.2, 0) is 14.8 Å². The largest absolute Gasteiger partial charge is 0.325 e. The molecular formula is C17H20N2O3S. The Balaban J connectivity index is 2.06. The summed E-state index contributed by atoms with van der Waals surface area (Å²) in [5, 5.41) is 2.70. The van der Waals surface area contributed by atoms with Gasteiger partial charge in [-0.1, -0.05) is 29.8 Å². The van der Waals surface area contributed by atoms with Crippen LogP contribution in [0.5, 0.6) is 0 Å². The van der Waals surface area contributed by atoms with E-state index in [4.69, 9.17) is 0 Å². The predicted molar refractivity (Wildman–Crippen MR) is 90.8 cm³/mol. The Morgan fingerprint density at radius 2 is 1.70 bits per heavy atom. The molecule has 0 aliphatic heterocycles. The molecule has 23 heavy (non-hydrogen) atoms. The number of hydrogen-bond acceptors (Lipinski definition) is 3. The van der Waals surface area contributed by atoms with Crippen molar-refractivity contribution in [1.29, 1.82) is 0 Å². The molecule has 5 nitrogen and oxygen atoms in total. The number of carbonyl (C=O) groups excluding carboxylic acids is 1. The van der Waals surface area contributed by atoms with Crippen LogP contribution in [0.4, 0.5) is 5.69 Å². The first-order valence-corrected chi connectivity index (χ1v) is 8.62. The maximum absolute atomic E-state index is 12.4. The monoisotopic (exact) mass is 332 g/mol. The number of likely N-dealkylation sites (N-methyl/N-ethyl adjacent to an activating group) is 1. The number of nitrogens with one attached hydrogen (secondary N) is 1. The van der Waals surface area contributed by atoms with Crippen LogP contribution in [0.3, 0.4) is 0 Å². The molecule has 0 spiro atoms. The van der Waals surface area contributed by atoms with Gasteiger partial charge in [0.25, 0.3) is 0 Å². The van der Waals surface area contributed by atoms with Gasteiger partial charge in [0, 0.05) is 12.7 Å². The van der Waals surface area contributed by atoms with E-state index < -0.39 is 10.0 Å². The van der Waals surface area contributed by atoms with Gasteiger partial charge in [-0.25, -0.2) is 8.42 Å². The highest BCUT2D eigenvalue weighted by Crippen LogP contribution is 2.15. The summed E-state index contributed by atoms with van der Waals surface area (Å²) in [6.45, 7) is 3.56. The number of aryl methyl sites for hydroxylation is 2. The first kappa shape index (κ1) is 17.2. The lowest BCUT2D eigenvalue weighted by Crippen LogP contribution is -2.34. The Kier molecular flexibility index (Phi) is 5.18. The number of sulfonamides is 1. The van der Waals surface area contributed by atoms with Crippen LogP contribution in [0, 0.1) is 13.8 Å². The minimum Gasteiger partial charge on any atom is -0.325 e. The van der Waals surface area contributed by atoms with Crippen molar-refractivity contribution in [2.45, 2.75) is 18.7 Å². The van der Waals surface area contributed by atoms with Crippen molar-refractivity contribution in [2.24, 2.45) is 0 Å². The highest BCUT2D eigenvalue weighted by atomic mass is 32.2. The van der Waals surface area contributed by atoms with Crippen LogP contribution in [0.2, 0.25) is 0 Å². The normalized spacial score (nSPS) is 11.5. The van der Waals surface area contributed by atoms with E-state index in [1.807, 2.05) is 32.0 Å². The van der Waals surface area contributed by atoms with Crippen LogP contribution in [0.15, 0.2) is 53.4 Å². The summed E-state index contributed by atoms with van der Waals surface area (Å²) in [7, 11) is -2.28. The maximum atomic E-state index is 12.4. The highest BCUT2D eigenvalue weighted by molar-refractivity contribution is 7.89. The fraction of sp³-hybridized carbons (Fsp3) is 0.235. The van der Waals surface area contributed by atoms with Crippen LogP contribution >= 0.6 is 0 Å². The zero-order valence-corrected chi connectivity index (χ0v) is 14.2. The highest BCUT2D eigenvalue weighted by Gasteiger charge is 2.22. The summed E-state index contributed by atoms with van der Waals surface area (Å²) >= 11 is 0. The van der Waals surface area contributed by atoms with Gasteiger partial charge in [-0.15, -0.1) is 0 Å². The summed E-state index contributed by atoms with van der Waals surface area (Å²) in [5.41, 5.74) is 2.64. The Morgan fingerprint density at radius 3 is 2.30 bits per heavy atom. The number of hydrogen-bond donors (Lipinski definition) is 1. The van der Waals surface area contributed by atoms with Crippen molar-refractivity contribution >= 4 is 21.6 Å². The van der Waals surface area contributed by atoms with Gasteiger partial charge in [0.15, 0.2) is 0 Å². The first-order valence-electron chi connectivity index (χ1n) is 7.18. The fourth-order valence-corrected chi connectivity index (χ4v) is 3.23. The number of nitrogens with zero attached hydrogens (tertiary/aromatic N) is 1. The number of carbonyl (C=O) groups is 1. The van der Waals surface area contributed by atoms with Gasteiger partial charge in [0.2, 0.25) is 15.9 Å². The lowest BCUT2D eigenvalue weighted by atomic mass is 10.2. The first-order chi connectivity index (χ1) is 10.8. The molecule has 0 fully saturated rings. The van der Waals surface area contributed by atoms with Gasteiger partial charge in [-0.05, 0) is 43.7 Å². The molecule has 1 amide bonds. The molecule has 0 bridgehead atoms. The van der Waals surface area contributed by atoms with E-state index in [0.717, 1.165) is 15.4 Å². The minimum atomic E-state index is -3.68. The molecule has 0 aliphatic carbocycles. The van der Waals surface area contributed by atoms with E-state index >= 15 is 0 Å². The smallest absolute Gasteiger partial charge is 0.243 e. The molecular weight excluding hydrogens is 312 g/mol. The number of anilines is 1. The second-order valence-corrected chi connectivity index (χ2v) is 7.54. The summed E-state index contributed by atoms with van der Waals surface area (Å²) in [6.07, 6.45) is 0. The number of amides is 1. The average molecular weight is 332 g/mol. The lowest BCUT2D eigenvalue weighted by molar-refractivity contribution is -0.116. The molecule has 6 heteroatoms. The van der Waals surface area contributed by atoms with Crippen molar-refractivity contribution in [1.82, 2.24) is 4.31 Å². The minimum absolute atomic E-state index is 0.175. The molecule has 0 atom stereocenters. The van der Waals surface area contributed by atoms with Crippen LogP contribution in [-0.4, -0.2) is 32.2 Å². The van der Waals surface area contributed by atoms with E-state index in [-0.39, 0.29) is 17.3 Å². The Labute approximate surface area is 137 Å². The summed E-state index contributed by atoms with van der Waals surface area (Å²) in [5.74, 6) is -0.381. The van der Waals surface area contributed by atoms with E-state index in [1.165, 1.54) is 7.05 Å². The van der Waals surface area contributed by atoms with E-state index in [2.05, 4.69) is 5.32 Å². The Morgan fingerprint density at radius 1 is 1.04 bits per heavy atom. The third-order valence-corrected chi connectivity index (χ3v) is 5.21. The van der Waals surface area contributed by atoms with Gasteiger partial charge in [-0.3, -0.25) is 4.79 Å². The van der Waals surface area contributed by atoms with Crippen molar-refractivity contribution in [3.8, 4) is 0 Å². The van der Waals surface area contributed by atoms with E-state index in [1.54, 1.807) is 30.3 Å². The Bertz CT molecular complexity index is 799. The van der Waals surface area contributed by atoms with Crippen molar-refractivity contribution < 1.29 is 13.2 Å². The summed E-state index contributed by atoms with van der Waals surface area (Å²) in [6, 6.07) is 13.9. The van der Waals surface area contributed by atoms with Gasteiger partial charge in [0.1, 0.15) is 0 Å². The van der Waals surface area contributed by atoms with Gasteiger partial charge < -0.3 is 5.32 Å². The molecule has 2 aromatic rings. The standard InChI is InChI=1S/C17H20N2O3S/c1-13-7-9-16(10-8-13)23(21,22)19(3)12-17(20)18-15-6-4-5-14(2)11-15/h4-11H,12H2,1-3H3,(H,18,20). The molecule has 2 aromatic carbocycles.